The van der Waals surface area contributed by atoms with E-state index in [1.165, 1.54) is 20.5 Å². The van der Waals surface area contributed by atoms with E-state index < -0.39 is 8.80 Å². The second-order valence-corrected chi connectivity index (χ2v) is 5.52. The lowest BCUT2D eigenvalue weighted by molar-refractivity contribution is -0.136. The molecule has 0 saturated carbocycles. The van der Waals surface area contributed by atoms with Crippen LogP contribution in [0.4, 0.5) is 0 Å². The molecule has 0 aromatic carbocycles. The van der Waals surface area contributed by atoms with Gasteiger partial charge in [0.05, 0.1) is 26.1 Å². The second kappa shape index (κ2) is 5.82. The molecule has 0 aliphatic carbocycles. The van der Waals surface area contributed by atoms with E-state index in [0.29, 0.717) is 5.57 Å². The molecule has 0 aromatic rings. The minimum absolute atomic E-state index is 0.289. The molecule has 69 valence electrons. The number of carbonyl (C=O) groups excluding carboxylic acids is 1. The Hall–Kier alpha value is -0.773. The van der Waals surface area contributed by atoms with E-state index in [2.05, 4.69) is 17.8 Å². The minimum atomic E-state index is -0.459. The van der Waals surface area contributed by atoms with Crippen LogP contribution in [0.2, 0.25) is 19.1 Å². The van der Waals surface area contributed by atoms with Gasteiger partial charge in [0.2, 0.25) is 0 Å². The molecule has 0 heterocycles. The highest BCUT2D eigenvalue weighted by Crippen LogP contribution is 2.08. The standard InChI is InChI=1S/C8H15O3Si/c1-10-5-7(6-12(3)4)8(9)11-2/h5H,6H2,1-4H3. The molecule has 3 nitrogen and oxygen atoms in total. The zero-order valence-corrected chi connectivity index (χ0v) is 9.01. The summed E-state index contributed by atoms with van der Waals surface area (Å²) in [5.41, 5.74) is 0.624. The van der Waals surface area contributed by atoms with Crippen molar-refractivity contribution in [3.8, 4) is 0 Å². The Morgan fingerprint density at radius 2 is 2.00 bits per heavy atom. The number of ether oxygens (including phenoxy) is 2. The number of carbonyl (C=O) groups is 1. The summed E-state index contributed by atoms with van der Waals surface area (Å²) in [5.74, 6) is -0.289. The molecule has 0 saturated heterocycles. The van der Waals surface area contributed by atoms with Crippen LogP contribution in [-0.4, -0.2) is 29.0 Å². The topological polar surface area (TPSA) is 35.5 Å². The fourth-order valence-electron chi connectivity index (χ4n) is 0.816. The Morgan fingerprint density at radius 1 is 1.42 bits per heavy atom. The normalized spacial score (nSPS) is 11.6. The summed E-state index contributed by atoms with van der Waals surface area (Å²) < 4.78 is 9.38. The van der Waals surface area contributed by atoms with Crippen LogP contribution in [0.25, 0.3) is 0 Å². The van der Waals surface area contributed by atoms with Crippen LogP contribution in [0.5, 0.6) is 0 Å². The van der Waals surface area contributed by atoms with E-state index in [0.717, 1.165) is 6.04 Å². The third-order valence-corrected chi connectivity index (χ3v) is 2.34. The van der Waals surface area contributed by atoms with Crippen LogP contribution >= 0.6 is 0 Å². The highest BCUT2D eigenvalue weighted by atomic mass is 28.3. The molecule has 0 aromatic heterocycles. The molecule has 0 fully saturated rings. The monoisotopic (exact) mass is 187 g/mol. The van der Waals surface area contributed by atoms with Gasteiger partial charge in [-0.3, -0.25) is 0 Å². The quantitative estimate of drug-likeness (QED) is 0.289. The van der Waals surface area contributed by atoms with Gasteiger partial charge in [0.15, 0.2) is 0 Å². The molecule has 0 N–H and O–H groups in total. The summed E-state index contributed by atoms with van der Waals surface area (Å²) in [6.45, 7) is 4.27. The third-order valence-electron chi connectivity index (χ3n) is 1.25. The van der Waals surface area contributed by atoms with Gasteiger partial charge in [-0.25, -0.2) is 4.79 Å². The van der Waals surface area contributed by atoms with Crippen molar-refractivity contribution in [3.05, 3.63) is 11.8 Å². The predicted octanol–water partition coefficient (Wildman–Crippen LogP) is 1.44. The Kier molecular flexibility index (Phi) is 5.45. The van der Waals surface area contributed by atoms with Gasteiger partial charge in [0.25, 0.3) is 0 Å². The van der Waals surface area contributed by atoms with Gasteiger partial charge in [-0.2, -0.15) is 0 Å². The molecular formula is C8H15O3Si. The fourth-order valence-corrected chi connectivity index (χ4v) is 1.81. The van der Waals surface area contributed by atoms with Crippen molar-refractivity contribution in [2.75, 3.05) is 14.2 Å². The van der Waals surface area contributed by atoms with Crippen LogP contribution in [0, 0.1) is 0 Å². The second-order valence-electron chi connectivity index (χ2n) is 2.75. The van der Waals surface area contributed by atoms with Gasteiger partial charge in [-0.1, -0.05) is 13.1 Å². The van der Waals surface area contributed by atoms with E-state index >= 15 is 0 Å². The molecule has 0 rings (SSSR count). The first kappa shape index (κ1) is 11.2. The van der Waals surface area contributed by atoms with Crippen molar-refractivity contribution < 1.29 is 14.3 Å². The largest absolute Gasteiger partial charge is 0.504 e. The SMILES string of the molecule is COC=C(C[Si](C)C)C(=O)OC. The number of rotatable bonds is 4. The van der Waals surface area contributed by atoms with Crippen molar-refractivity contribution in [1.82, 2.24) is 0 Å². The smallest absolute Gasteiger partial charge is 0.336 e. The van der Waals surface area contributed by atoms with Crippen LogP contribution in [0.3, 0.4) is 0 Å². The van der Waals surface area contributed by atoms with E-state index in [1.54, 1.807) is 0 Å². The predicted molar refractivity (Wildman–Crippen MR) is 49.4 cm³/mol. The van der Waals surface area contributed by atoms with Crippen molar-refractivity contribution in [1.29, 1.82) is 0 Å². The van der Waals surface area contributed by atoms with Gasteiger partial charge < -0.3 is 9.47 Å². The van der Waals surface area contributed by atoms with Crippen LogP contribution < -0.4 is 0 Å². The Bertz CT molecular complexity index is 175. The zero-order valence-electron chi connectivity index (χ0n) is 8.01. The third kappa shape index (κ3) is 4.18. The summed E-state index contributed by atoms with van der Waals surface area (Å²) >= 11 is 0. The Morgan fingerprint density at radius 3 is 2.33 bits per heavy atom. The van der Waals surface area contributed by atoms with Gasteiger partial charge in [0, 0.05) is 8.80 Å². The van der Waals surface area contributed by atoms with Crippen molar-refractivity contribution in [3.63, 3.8) is 0 Å². The van der Waals surface area contributed by atoms with Crippen LogP contribution in [0.1, 0.15) is 0 Å². The summed E-state index contributed by atoms with van der Waals surface area (Å²) in [6.07, 6.45) is 1.46. The maximum absolute atomic E-state index is 11.1. The van der Waals surface area contributed by atoms with E-state index in [-0.39, 0.29) is 5.97 Å². The summed E-state index contributed by atoms with van der Waals surface area (Å²) in [4.78, 5) is 11.1. The summed E-state index contributed by atoms with van der Waals surface area (Å²) in [7, 11) is 2.45. The lowest BCUT2D eigenvalue weighted by Gasteiger charge is -2.05. The summed E-state index contributed by atoms with van der Waals surface area (Å²) in [6, 6.07) is 0.783. The molecule has 0 aliphatic heterocycles. The average Bonchev–Trinajstić information content (AvgIpc) is 2.01. The molecule has 0 bridgehead atoms. The van der Waals surface area contributed by atoms with Crippen LogP contribution in [-0.2, 0) is 14.3 Å². The number of esters is 1. The number of hydrogen-bond acceptors (Lipinski definition) is 3. The van der Waals surface area contributed by atoms with Crippen molar-refractivity contribution in [2.45, 2.75) is 19.1 Å². The Balaban J connectivity index is 4.24. The maximum Gasteiger partial charge on any atom is 0.336 e. The number of hydrogen-bond donors (Lipinski definition) is 0. The van der Waals surface area contributed by atoms with E-state index in [1.807, 2.05) is 0 Å². The molecular weight excluding hydrogens is 172 g/mol. The zero-order chi connectivity index (χ0) is 9.56. The van der Waals surface area contributed by atoms with Gasteiger partial charge in [-0.05, 0) is 6.04 Å². The van der Waals surface area contributed by atoms with Crippen LogP contribution in [0.15, 0.2) is 11.8 Å². The van der Waals surface area contributed by atoms with Crippen molar-refractivity contribution >= 4 is 14.8 Å². The molecule has 12 heavy (non-hydrogen) atoms. The van der Waals surface area contributed by atoms with Crippen molar-refractivity contribution in [2.24, 2.45) is 0 Å². The molecule has 1 radical (unpaired) electrons. The summed E-state index contributed by atoms with van der Waals surface area (Å²) in [5, 5.41) is 0. The first-order valence-corrected chi connectivity index (χ1v) is 6.41. The number of methoxy groups -OCH3 is 2. The van der Waals surface area contributed by atoms with E-state index in [9.17, 15) is 4.79 Å². The molecule has 0 unspecified atom stereocenters. The molecule has 0 amide bonds. The van der Waals surface area contributed by atoms with Gasteiger partial charge in [0.1, 0.15) is 0 Å². The van der Waals surface area contributed by atoms with E-state index in [4.69, 9.17) is 4.74 Å². The average molecular weight is 187 g/mol. The minimum Gasteiger partial charge on any atom is -0.504 e. The highest BCUT2D eigenvalue weighted by Gasteiger charge is 2.12. The first-order valence-electron chi connectivity index (χ1n) is 3.71. The molecule has 0 aliphatic rings. The first-order chi connectivity index (χ1) is 5.61. The maximum atomic E-state index is 11.1. The fraction of sp³-hybridized carbons (Fsp3) is 0.625. The lowest BCUT2D eigenvalue weighted by atomic mass is 10.3. The van der Waals surface area contributed by atoms with Gasteiger partial charge in [-0.15, -0.1) is 0 Å². The van der Waals surface area contributed by atoms with Gasteiger partial charge >= 0.3 is 5.97 Å². The Labute approximate surface area is 75.0 Å². The molecule has 0 spiro atoms. The molecule has 4 heteroatoms. The lowest BCUT2D eigenvalue weighted by Crippen LogP contribution is -2.11. The molecule has 0 atom stereocenters. The highest BCUT2D eigenvalue weighted by molar-refractivity contribution is 6.57.